The van der Waals surface area contributed by atoms with E-state index in [1.54, 1.807) is 0 Å². The second-order valence-electron chi connectivity index (χ2n) is 4.72. The predicted molar refractivity (Wildman–Crippen MR) is 66.2 cm³/mol. The molecule has 0 aromatic heterocycles. The Kier molecular flexibility index (Phi) is 6.20. The van der Waals surface area contributed by atoms with E-state index < -0.39 is 0 Å². The molecule has 0 aromatic carbocycles. The van der Waals surface area contributed by atoms with Gasteiger partial charge in [-0.3, -0.25) is 0 Å². The number of carbonyl (C=O) groups excluding carboxylic acids is 1. The largest absolute Gasteiger partial charge is 0.463 e. The van der Waals surface area contributed by atoms with Crippen molar-refractivity contribution in [1.82, 2.24) is 0 Å². The summed E-state index contributed by atoms with van der Waals surface area (Å²) >= 11 is 0. The van der Waals surface area contributed by atoms with E-state index in [2.05, 4.69) is 6.58 Å². The van der Waals surface area contributed by atoms with E-state index in [0.29, 0.717) is 12.2 Å². The van der Waals surface area contributed by atoms with Gasteiger partial charge in [0.05, 0.1) is 6.61 Å². The van der Waals surface area contributed by atoms with Crippen LogP contribution in [0.2, 0.25) is 0 Å². The van der Waals surface area contributed by atoms with Crippen LogP contribution in [0.5, 0.6) is 0 Å². The van der Waals surface area contributed by atoms with Gasteiger partial charge in [-0.1, -0.05) is 45.1 Å². The fourth-order valence-electron chi connectivity index (χ4n) is 1.87. The summed E-state index contributed by atoms with van der Waals surface area (Å²) in [6.45, 7) is 6.02. The molecule has 2 nitrogen and oxygen atoms in total. The Morgan fingerprint density at radius 1 is 1.25 bits per heavy atom. The van der Waals surface area contributed by atoms with Crippen LogP contribution in [0, 0.1) is 5.92 Å². The molecular weight excluding hydrogens is 200 g/mol. The molecule has 0 heterocycles. The summed E-state index contributed by atoms with van der Waals surface area (Å²) in [5.74, 6) is 0.829. The highest BCUT2D eigenvalue weighted by atomic mass is 16.5. The summed E-state index contributed by atoms with van der Waals surface area (Å²) in [5.41, 5.74) is 0.629. The second-order valence-corrected chi connectivity index (χ2v) is 4.72. The van der Waals surface area contributed by atoms with E-state index in [0.717, 1.165) is 18.8 Å². The third-order valence-corrected chi connectivity index (χ3v) is 3.10. The van der Waals surface area contributed by atoms with Gasteiger partial charge in [-0.15, -0.1) is 0 Å². The highest BCUT2D eigenvalue weighted by Gasteiger charge is 2.19. The molecule has 0 bridgehead atoms. The average molecular weight is 224 g/mol. The van der Waals surface area contributed by atoms with Crippen molar-refractivity contribution in [3.05, 3.63) is 12.2 Å². The summed E-state index contributed by atoms with van der Waals surface area (Å²) in [7, 11) is 0. The van der Waals surface area contributed by atoms with Gasteiger partial charge in [0.1, 0.15) is 0 Å². The van der Waals surface area contributed by atoms with Crippen LogP contribution >= 0.6 is 0 Å². The van der Waals surface area contributed by atoms with Crippen molar-refractivity contribution in [2.24, 2.45) is 5.92 Å². The monoisotopic (exact) mass is 224 g/mol. The van der Waals surface area contributed by atoms with Gasteiger partial charge in [0.25, 0.3) is 0 Å². The Hall–Kier alpha value is -0.790. The van der Waals surface area contributed by atoms with Crippen molar-refractivity contribution < 1.29 is 9.53 Å². The number of rotatable bonds is 9. The summed E-state index contributed by atoms with van der Waals surface area (Å²) in [6.07, 6.45) is 10.1. The third-order valence-electron chi connectivity index (χ3n) is 3.10. The minimum Gasteiger partial charge on any atom is -0.463 e. The van der Waals surface area contributed by atoms with Crippen LogP contribution in [0.4, 0.5) is 0 Å². The SMILES string of the molecule is C=C(CCCCCCC1CC1)C(=O)OCC. The maximum absolute atomic E-state index is 11.2. The number of ether oxygens (including phenoxy) is 1. The van der Waals surface area contributed by atoms with Gasteiger partial charge in [0.15, 0.2) is 0 Å². The van der Waals surface area contributed by atoms with Crippen molar-refractivity contribution in [2.75, 3.05) is 6.61 Å². The lowest BCUT2D eigenvalue weighted by Crippen LogP contribution is -2.06. The molecular formula is C14H24O2. The molecule has 0 aromatic rings. The topological polar surface area (TPSA) is 26.3 Å². The van der Waals surface area contributed by atoms with E-state index in [9.17, 15) is 4.79 Å². The normalized spacial score (nSPS) is 14.8. The van der Waals surface area contributed by atoms with Crippen molar-refractivity contribution in [3.8, 4) is 0 Å². The summed E-state index contributed by atoms with van der Waals surface area (Å²) in [5, 5.41) is 0. The van der Waals surface area contributed by atoms with Crippen LogP contribution in [-0.4, -0.2) is 12.6 Å². The maximum Gasteiger partial charge on any atom is 0.333 e. The highest BCUT2D eigenvalue weighted by Crippen LogP contribution is 2.34. The molecule has 0 saturated heterocycles. The molecule has 0 atom stereocenters. The van der Waals surface area contributed by atoms with E-state index in [1.807, 2.05) is 6.92 Å². The summed E-state index contributed by atoms with van der Waals surface area (Å²) in [4.78, 5) is 11.2. The standard InChI is InChI=1S/C14H24O2/c1-3-16-14(15)12(2)8-6-4-5-7-9-13-10-11-13/h13H,2-11H2,1H3. The van der Waals surface area contributed by atoms with Gasteiger partial charge in [0.2, 0.25) is 0 Å². The van der Waals surface area contributed by atoms with Crippen molar-refractivity contribution >= 4 is 5.97 Å². The number of esters is 1. The molecule has 1 rings (SSSR count). The van der Waals surface area contributed by atoms with Crippen molar-refractivity contribution in [2.45, 2.75) is 58.3 Å². The zero-order valence-electron chi connectivity index (χ0n) is 10.5. The van der Waals surface area contributed by atoms with E-state index in [1.165, 1.54) is 38.5 Å². The molecule has 1 aliphatic carbocycles. The van der Waals surface area contributed by atoms with Crippen LogP contribution < -0.4 is 0 Å². The summed E-state index contributed by atoms with van der Waals surface area (Å²) in [6, 6.07) is 0. The highest BCUT2D eigenvalue weighted by molar-refractivity contribution is 5.87. The van der Waals surface area contributed by atoms with Gasteiger partial charge in [0, 0.05) is 5.57 Å². The van der Waals surface area contributed by atoms with E-state index in [-0.39, 0.29) is 5.97 Å². The minimum absolute atomic E-state index is 0.222. The molecule has 0 N–H and O–H groups in total. The molecule has 0 spiro atoms. The first-order chi connectivity index (χ1) is 7.74. The van der Waals surface area contributed by atoms with Crippen LogP contribution in [-0.2, 0) is 9.53 Å². The molecule has 1 fully saturated rings. The Labute approximate surface area is 99.1 Å². The molecule has 2 heteroatoms. The lowest BCUT2D eigenvalue weighted by atomic mass is 10.1. The first kappa shape index (κ1) is 13.3. The van der Waals surface area contributed by atoms with Gasteiger partial charge < -0.3 is 4.74 Å². The minimum atomic E-state index is -0.222. The fraction of sp³-hybridized carbons (Fsp3) is 0.786. The lowest BCUT2D eigenvalue weighted by molar-refractivity contribution is -0.138. The Balaban J connectivity index is 1.88. The average Bonchev–Trinajstić information content (AvgIpc) is 3.07. The first-order valence-electron chi connectivity index (χ1n) is 6.59. The Morgan fingerprint density at radius 2 is 1.94 bits per heavy atom. The molecule has 0 aliphatic heterocycles. The molecule has 92 valence electrons. The Bertz CT molecular complexity index is 229. The van der Waals surface area contributed by atoms with E-state index in [4.69, 9.17) is 4.74 Å². The second kappa shape index (κ2) is 7.48. The smallest absolute Gasteiger partial charge is 0.333 e. The predicted octanol–water partition coefficient (Wildman–Crippen LogP) is 3.86. The molecule has 1 aliphatic rings. The molecule has 16 heavy (non-hydrogen) atoms. The molecule has 0 unspecified atom stereocenters. The lowest BCUT2D eigenvalue weighted by Gasteiger charge is -2.05. The number of unbranched alkanes of at least 4 members (excludes halogenated alkanes) is 3. The summed E-state index contributed by atoms with van der Waals surface area (Å²) < 4.78 is 4.88. The number of carbonyl (C=O) groups is 1. The zero-order chi connectivity index (χ0) is 11.8. The maximum atomic E-state index is 11.2. The van der Waals surface area contributed by atoms with Crippen molar-refractivity contribution in [3.63, 3.8) is 0 Å². The van der Waals surface area contributed by atoms with Gasteiger partial charge in [-0.25, -0.2) is 4.79 Å². The molecule has 1 saturated carbocycles. The zero-order valence-corrected chi connectivity index (χ0v) is 10.5. The first-order valence-corrected chi connectivity index (χ1v) is 6.59. The number of hydrogen-bond acceptors (Lipinski definition) is 2. The molecule has 0 amide bonds. The third kappa shape index (κ3) is 5.94. The van der Waals surface area contributed by atoms with Crippen LogP contribution in [0.25, 0.3) is 0 Å². The van der Waals surface area contributed by atoms with Crippen LogP contribution in [0.3, 0.4) is 0 Å². The van der Waals surface area contributed by atoms with Gasteiger partial charge >= 0.3 is 5.97 Å². The van der Waals surface area contributed by atoms with Gasteiger partial charge in [-0.05, 0) is 25.7 Å². The van der Waals surface area contributed by atoms with Gasteiger partial charge in [-0.2, -0.15) is 0 Å². The van der Waals surface area contributed by atoms with Crippen LogP contribution in [0.15, 0.2) is 12.2 Å². The number of hydrogen-bond donors (Lipinski definition) is 0. The van der Waals surface area contributed by atoms with Crippen LogP contribution in [0.1, 0.15) is 58.3 Å². The molecule has 0 radical (unpaired) electrons. The fourth-order valence-corrected chi connectivity index (χ4v) is 1.87. The quantitative estimate of drug-likeness (QED) is 0.338. The Morgan fingerprint density at radius 3 is 2.56 bits per heavy atom. The van der Waals surface area contributed by atoms with Crippen molar-refractivity contribution in [1.29, 1.82) is 0 Å². The van der Waals surface area contributed by atoms with E-state index >= 15 is 0 Å².